The van der Waals surface area contributed by atoms with Gasteiger partial charge in [-0.25, -0.2) is 0 Å². The van der Waals surface area contributed by atoms with Gasteiger partial charge in [0.15, 0.2) is 0 Å². The summed E-state index contributed by atoms with van der Waals surface area (Å²) in [7, 11) is 0. The quantitative estimate of drug-likeness (QED) is 0.130. The van der Waals surface area contributed by atoms with E-state index < -0.39 is 12.6 Å². The van der Waals surface area contributed by atoms with Gasteiger partial charge in [0.05, 0.1) is 0 Å². The molecule has 6 nitrogen and oxygen atoms in total. The van der Waals surface area contributed by atoms with Crippen LogP contribution in [0, 0.1) is 0 Å². The third-order valence-electron chi connectivity index (χ3n) is 0.930. The first kappa shape index (κ1) is 8.70. The highest BCUT2D eigenvalue weighted by molar-refractivity contribution is 5.94. The number of carbonyl (C=O) groups excluding carboxylic acids is 1. The Morgan fingerprint density at radius 3 is 2.40 bits per heavy atom. The van der Waals surface area contributed by atoms with Crippen LogP contribution in [-0.2, 0) is 4.79 Å². The number of rotatable bonds is 1. The van der Waals surface area contributed by atoms with Crippen molar-refractivity contribution in [2.75, 3.05) is 6.73 Å². The molecule has 0 rings (SSSR count). The predicted octanol–water partition coefficient (Wildman–Crippen LogP) is -2.03. The van der Waals surface area contributed by atoms with Crippen LogP contribution in [0.1, 0.15) is 6.92 Å². The molecule has 0 saturated heterocycles. The van der Waals surface area contributed by atoms with Crippen molar-refractivity contribution in [1.29, 1.82) is 0 Å². The van der Waals surface area contributed by atoms with Crippen LogP contribution in [0.25, 0.3) is 0 Å². The number of carbonyl (C=O) groups is 1. The molecule has 0 aromatic heterocycles. The van der Waals surface area contributed by atoms with Gasteiger partial charge in [-0.05, 0) is 0 Å². The summed E-state index contributed by atoms with van der Waals surface area (Å²) in [6.45, 7) is 0.732. The van der Waals surface area contributed by atoms with E-state index in [2.05, 4.69) is 5.10 Å². The zero-order valence-electron chi connectivity index (χ0n) is 5.61. The van der Waals surface area contributed by atoms with E-state index in [0.717, 1.165) is 4.90 Å². The van der Waals surface area contributed by atoms with E-state index in [1.165, 1.54) is 6.92 Å². The van der Waals surface area contributed by atoms with Crippen molar-refractivity contribution in [2.45, 2.75) is 6.92 Å². The molecule has 0 aliphatic rings. The fourth-order valence-electron chi connectivity index (χ4n) is 0.403. The monoisotopic (exact) mass is 146 g/mol. The second-order valence-electron chi connectivity index (χ2n) is 1.58. The van der Waals surface area contributed by atoms with Crippen LogP contribution < -0.4 is 11.6 Å². The zero-order valence-corrected chi connectivity index (χ0v) is 5.61. The summed E-state index contributed by atoms with van der Waals surface area (Å²) in [5.41, 5.74) is 5.10. The van der Waals surface area contributed by atoms with Crippen molar-refractivity contribution in [3.63, 3.8) is 0 Å². The second-order valence-corrected chi connectivity index (χ2v) is 1.58. The number of hydrogen-bond acceptors (Lipinski definition) is 4. The Morgan fingerprint density at radius 1 is 1.80 bits per heavy atom. The third-order valence-corrected chi connectivity index (χ3v) is 0.930. The molecule has 0 atom stereocenters. The first-order chi connectivity index (χ1) is 4.63. The standard InChI is InChI=1S/C4H10N4O2/c1-3(10)8(2-9)4(5)7-6/h9H,2,6H2,1H3,(H2,5,7). The van der Waals surface area contributed by atoms with Crippen molar-refractivity contribution >= 4 is 11.9 Å². The largest absolute Gasteiger partial charge is 0.376 e. The molecule has 1 amide bonds. The maximum Gasteiger partial charge on any atom is 0.228 e. The molecule has 0 aromatic carbocycles. The molecule has 0 saturated carbocycles. The number of nitrogens with zero attached hydrogens (tertiary/aromatic N) is 2. The van der Waals surface area contributed by atoms with Crippen molar-refractivity contribution < 1.29 is 9.90 Å². The number of amides is 1. The third kappa shape index (κ3) is 1.90. The van der Waals surface area contributed by atoms with E-state index in [4.69, 9.17) is 16.7 Å². The highest BCUT2D eigenvalue weighted by atomic mass is 16.3. The lowest BCUT2D eigenvalue weighted by Crippen LogP contribution is -2.41. The van der Waals surface area contributed by atoms with Crippen molar-refractivity contribution in [3.8, 4) is 0 Å². The first-order valence-corrected chi connectivity index (χ1v) is 2.55. The number of aliphatic hydroxyl groups is 1. The molecule has 6 heteroatoms. The predicted molar refractivity (Wildman–Crippen MR) is 35.4 cm³/mol. The van der Waals surface area contributed by atoms with Gasteiger partial charge >= 0.3 is 0 Å². The van der Waals surface area contributed by atoms with E-state index in [1.54, 1.807) is 0 Å². The fraction of sp³-hybridized carbons (Fsp3) is 0.500. The molecule has 0 aliphatic carbocycles. The Morgan fingerprint density at radius 2 is 2.30 bits per heavy atom. The minimum Gasteiger partial charge on any atom is -0.376 e. The summed E-state index contributed by atoms with van der Waals surface area (Å²) in [6, 6.07) is 0. The van der Waals surface area contributed by atoms with Crippen molar-refractivity contribution in [1.82, 2.24) is 4.90 Å². The fourth-order valence-corrected chi connectivity index (χ4v) is 0.403. The number of hydrogen-bond donors (Lipinski definition) is 3. The maximum atomic E-state index is 10.5. The second kappa shape index (κ2) is 3.67. The molecular formula is C4H10N4O2. The average Bonchev–Trinajstić information content (AvgIpc) is 1.88. The van der Waals surface area contributed by atoms with Gasteiger partial charge in [-0.3, -0.25) is 9.69 Å². The van der Waals surface area contributed by atoms with Gasteiger partial charge < -0.3 is 16.7 Å². The SMILES string of the molecule is CC(=O)N(CO)/C(N)=N/N. The highest BCUT2D eigenvalue weighted by Gasteiger charge is 2.09. The molecule has 0 fully saturated rings. The number of aliphatic hydroxyl groups excluding tert-OH is 1. The number of guanidine groups is 1. The van der Waals surface area contributed by atoms with Crippen LogP contribution in [-0.4, -0.2) is 28.6 Å². The van der Waals surface area contributed by atoms with Crippen LogP contribution in [0.2, 0.25) is 0 Å². The van der Waals surface area contributed by atoms with E-state index >= 15 is 0 Å². The summed E-state index contributed by atoms with van der Waals surface area (Å²) in [5, 5.41) is 11.5. The molecule has 0 aliphatic heterocycles. The molecule has 0 radical (unpaired) electrons. The van der Waals surface area contributed by atoms with Crippen LogP contribution in [0.15, 0.2) is 5.10 Å². The van der Waals surface area contributed by atoms with E-state index in [-0.39, 0.29) is 5.96 Å². The molecule has 0 aromatic rings. The van der Waals surface area contributed by atoms with Gasteiger partial charge in [-0.1, -0.05) is 0 Å². The summed E-state index contributed by atoms with van der Waals surface area (Å²) < 4.78 is 0. The Bertz CT molecular complexity index is 155. The van der Waals surface area contributed by atoms with Gasteiger partial charge in [0.2, 0.25) is 11.9 Å². The molecule has 0 unspecified atom stereocenters. The summed E-state index contributed by atoms with van der Waals surface area (Å²) in [6.07, 6.45) is 0. The molecule has 0 bridgehead atoms. The van der Waals surface area contributed by atoms with Crippen LogP contribution in [0.3, 0.4) is 0 Å². The first-order valence-electron chi connectivity index (χ1n) is 2.55. The lowest BCUT2D eigenvalue weighted by atomic mass is 10.6. The number of nitrogens with two attached hydrogens (primary N) is 2. The Labute approximate surface area is 58.1 Å². The van der Waals surface area contributed by atoms with Crippen LogP contribution in [0.4, 0.5) is 0 Å². The van der Waals surface area contributed by atoms with Crippen LogP contribution in [0.5, 0.6) is 0 Å². The lowest BCUT2D eigenvalue weighted by Gasteiger charge is -2.14. The van der Waals surface area contributed by atoms with Crippen molar-refractivity contribution in [3.05, 3.63) is 0 Å². The van der Waals surface area contributed by atoms with Gasteiger partial charge in [-0.15, -0.1) is 5.10 Å². The van der Waals surface area contributed by atoms with E-state index in [9.17, 15) is 4.79 Å². The lowest BCUT2D eigenvalue weighted by molar-refractivity contribution is -0.127. The molecule has 0 spiro atoms. The molecule has 58 valence electrons. The Kier molecular flexibility index (Phi) is 3.20. The van der Waals surface area contributed by atoms with Crippen molar-refractivity contribution in [2.24, 2.45) is 16.7 Å². The zero-order chi connectivity index (χ0) is 8.15. The Hall–Kier alpha value is -1.30. The van der Waals surface area contributed by atoms with Gasteiger partial charge in [-0.2, -0.15) is 0 Å². The van der Waals surface area contributed by atoms with E-state index in [0.29, 0.717) is 0 Å². The van der Waals surface area contributed by atoms with Gasteiger partial charge in [0.1, 0.15) is 6.73 Å². The maximum absolute atomic E-state index is 10.5. The smallest absolute Gasteiger partial charge is 0.228 e. The molecule has 5 N–H and O–H groups in total. The average molecular weight is 146 g/mol. The normalized spacial score (nSPS) is 11.2. The van der Waals surface area contributed by atoms with Gasteiger partial charge in [0.25, 0.3) is 0 Å². The summed E-state index contributed by atoms with van der Waals surface area (Å²) in [5.74, 6) is 4.14. The minimum absolute atomic E-state index is 0.199. The molecular weight excluding hydrogens is 136 g/mol. The molecule has 10 heavy (non-hydrogen) atoms. The van der Waals surface area contributed by atoms with E-state index in [1.807, 2.05) is 0 Å². The molecule has 0 heterocycles. The summed E-state index contributed by atoms with van der Waals surface area (Å²) in [4.78, 5) is 11.4. The van der Waals surface area contributed by atoms with Gasteiger partial charge in [0, 0.05) is 6.92 Å². The minimum atomic E-state index is -0.512. The summed E-state index contributed by atoms with van der Waals surface area (Å²) >= 11 is 0. The topological polar surface area (TPSA) is 105 Å². The Balaban J connectivity index is 4.21. The van der Waals surface area contributed by atoms with Crippen LogP contribution >= 0.6 is 0 Å². The number of hydrazone groups is 1. The highest BCUT2D eigenvalue weighted by Crippen LogP contribution is 1.84.